The van der Waals surface area contributed by atoms with E-state index < -0.39 is 17.1 Å². The number of thioether (sulfide) groups is 1. The normalized spacial score (nSPS) is 13.3. The molecule has 0 spiro atoms. The van der Waals surface area contributed by atoms with Crippen molar-refractivity contribution in [2.75, 3.05) is 24.3 Å². The Morgan fingerprint density at radius 2 is 1.75 bits per heavy atom. The molecule has 1 aromatic heterocycles. The molecule has 53 heavy (non-hydrogen) atoms. The Labute approximate surface area is 316 Å². The van der Waals surface area contributed by atoms with Gasteiger partial charge in [-0.1, -0.05) is 54.6 Å². The molecule has 0 aliphatic carbocycles. The van der Waals surface area contributed by atoms with Crippen molar-refractivity contribution in [2.24, 2.45) is 0 Å². The van der Waals surface area contributed by atoms with Crippen molar-refractivity contribution >= 4 is 57.6 Å². The second-order valence-corrected chi connectivity index (χ2v) is 14.8. The van der Waals surface area contributed by atoms with Gasteiger partial charge in [-0.25, -0.2) is 0 Å². The van der Waals surface area contributed by atoms with E-state index in [0.29, 0.717) is 33.1 Å². The van der Waals surface area contributed by atoms with E-state index in [9.17, 15) is 24.8 Å². The first-order chi connectivity index (χ1) is 25.7. The molecule has 4 N–H and O–H groups in total. The molecule has 0 fully saturated rings. The van der Waals surface area contributed by atoms with Crippen LogP contribution in [0.1, 0.15) is 44.4 Å². The fourth-order valence-corrected chi connectivity index (χ4v) is 8.04. The lowest BCUT2D eigenvalue weighted by atomic mass is 10.0. The van der Waals surface area contributed by atoms with Gasteiger partial charge in [0.05, 0.1) is 17.9 Å². The first-order valence-electron chi connectivity index (χ1n) is 16.9. The number of rotatable bonds is 12. The number of amides is 3. The highest BCUT2D eigenvalue weighted by Crippen LogP contribution is 2.38. The third-order valence-corrected chi connectivity index (χ3v) is 10.8. The number of nitriles is 1. The third-order valence-electron chi connectivity index (χ3n) is 8.55. The molecule has 12 heteroatoms. The number of nitrogens with zero attached hydrogens (tertiary/aromatic N) is 2. The molecule has 0 radical (unpaired) electrons. The Balaban J connectivity index is 1.13. The molecule has 1 unspecified atom stereocenters. The lowest BCUT2D eigenvalue weighted by molar-refractivity contribution is -0.115. The van der Waals surface area contributed by atoms with Crippen molar-refractivity contribution in [3.8, 4) is 17.6 Å². The summed E-state index contributed by atoms with van der Waals surface area (Å²) in [6, 6.07) is 32.6. The van der Waals surface area contributed by atoms with E-state index >= 15 is 0 Å². The number of nitrogens with one attached hydrogen (secondary N) is 3. The minimum Gasteiger partial charge on any atom is -0.508 e. The zero-order chi connectivity index (χ0) is 37.3. The Hall–Kier alpha value is -5.87. The van der Waals surface area contributed by atoms with Gasteiger partial charge in [-0.05, 0) is 73.0 Å². The van der Waals surface area contributed by atoms with E-state index in [4.69, 9.17) is 4.74 Å². The molecular weight excluding hydrogens is 707 g/mol. The number of anilines is 2. The van der Waals surface area contributed by atoms with E-state index in [0.717, 1.165) is 41.4 Å². The van der Waals surface area contributed by atoms with Gasteiger partial charge in [0.25, 0.3) is 11.8 Å². The van der Waals surface area contributed by atoms with E-state index in [-0.39, 0.29) is 17.4 Å². The Bertz CT molecular complexity index is 2200. The van der Waals surface area contributed by atoms with Crippen LogP contribution in [0.15, 0.2) is 114 Å². The number of benzene rings is 4. The van der Waals surface area contributed by atoms with Crippen LogP contribution in [0.4, 0.5) is 10.7 Å². The van der Waals surface area contributed by atoms with Crippen LogP contribution in [0.2, 0.25) is 0 Å². The van der Waals surface area contributed by atoms with Gasteiger partial charge in [-0.2, -0.15) is 5.26 Å². The van der Waals surface area contributed by atoms with Gasteiger partial charge in [-0.15, -0.1) is 23.1 Å². The maximum Gasteiger partial charge on any atom is 0.272 e. The molecule has 5 aromatic rings. The molecule has 0 saturated heterocycles. The van der Waals surface area contributed by atoms with Crippen LogP contribution < -0.4 is 20.7 Å². The summed E-state index contributed by atoms with van der Waals surface area (Å²) in [5.74, 6) is -1.02. The van der Waals surface area contributed by atoms with Crippen LogP contribution in [-0.4, -0.2) is 46.6 Å². The van der Waals surface area contributed by atoms with Crippen LogP contribution in [-0.2, 0) is 29.1 Å². The van der Waals surface area contributed by atoms with Gasteiger partial charge >= 0.3 is 0 Å². The molecule has 3 amide bonds. The summed E-state index contributed by atoms with van der Waals surface area (Å²) in [5.41, 5.74) is 4.00. The van der Waals surface area contributed by atoms with Crippen molar-refractivity contribution in [3.05, 3.63) is 142 Å². The molecule has 268 valence electrons. The van der Waals surface area contributed by atoms with Gasteiger partial charge in [0, 0.05) is 52.3 Å². The topological polar surface area (TPSA) is 144 Å². The monoisotopic (exact) mass is 743 g/mol. The first-order valence-corrected chi connectivity index (χ1v) is 18.5. The van der Waals surface area contributed by atoms with Crippen LogP contribution in [0.3, 0.4) is 0 Å². The number of phenolic OH excluding ortho intramolecular Hbond substituents is 1. The van der Waals surface area contributed by atoms with Crippen LogP contribution in [0, 0.1) is 11.3 Å². The van der Waals surface area contributed by atoms with Crippen molar-refractivity contribution in [1.29, 1.82) is 5.26 Å². The van der Waals surface area contributed by atoms with E-state index in [1.807, 2.05) is 24.3 Å². The number of carbonyl (C=O) groups is 3. The largest absolute Gasteiger partial charge is 0.508 e. The molecule has 0 bridgehead atoms. The quantitative estimate of drug-likeness (QED) is 0.0764. The van der Waals surface area contributed by atoms with E-state index in [1.165, 1.54) is 54.0 Å². The summed E-state index contributed by atoms with van der Waals surface area (Å²) in [6.07, 6.45) is 2.22. The smallest absolute Gasteiger partial charge is 0.272 e. The number of ether oxygens (including phenoxy) is 1. The number of carbonyl (C=O) groups excluding carboxylic acids is 3. The molecule has 1 aliphatic rings. The second kappa shape index (κ2) is 17.1. The van der Waals surface area contributed by atoms with Crippen LogP contribution in [0.25, 0.3) is 6.08 Å². The van der Waals surface area contributed by atoms with Crippen molar-refractivity contribution < 1.29 is 24.2 Å². The molecule has 4 aromatic carbocycles. The van der Waals surface area contributed by atoms with Crippen molar-refractivity contribution in [3.63, 3.8) is 0 Å². The lowest BCUT2D eigenvalue weighted by Gasteiger charge is -2.26. The molecule has 6 rings (SSSR count). The van der Waals surface area contributed by atoms with Crippen LogP contribution >= 0.6 is 23.1 Å². The molecular formula is C41H37N5O5S2. The maximum atomic E-state index is 13.7. The van der Waals surface area contributed by atoms with Gasteiger partial charge in [-0.3, -0.25) is 19.3 Å². The minimum absolute atomic E-state index is 0.0126. The number of hydrogen-bond donors (Lipinski definition) is 4. The Morgan fingerprint density at radius 3 is 2.49 bits per heavy atom. The zero-order valence-electron chi connectivity index (χ0n) is 29.1. The summed E-state index contributed by atoms with van der Waals surface area (Å²) in [5, 5.41) is 28.5. The van der Waals surface area contributed by atoms with Crippen LogP contribution in [0.5, 0.6) is 11.5 Å². The average Bonchev–Trinajstić information content (AvgIpc) is 3.51. The highest BCUT2D eigenvalue weighted by Gasteiger charge is 2.27. The van der Waals surface area contributed by atoms with Crippen molar-refractivity contribution in [1.82, 2.24) is 10.2 Å². The van der Waals surface area contributed by atoms with Gasteiger partial charge in [0.1, 0.15) is 28.3 Å². The summed E-state index contributed by atoms with van der Waals surface area (Å²) < 4.78 is 5.38. The summed E-state index contributed by atoms with van der Waals surface area (Å²) in [6.45, 7) is 4.17. The van der Waals surface area contributed by atoms with E-state index in [2.05, 4.69) is 39.1 Å². The molecule has 1 atom stereocenters. The molecule has 10 nitrogen and oxygen atoms in total. The maximum absolute atomic E-state index is 13.7. The van der Waals surface area contributed by atoms with Gasteiger partial charge in [0.15, 0.2) is 0 Å². The number of hydrogen-bond acceptors (Lipinski definition) is 9. The summed E-state index contributed by atoms with van der Waals surface area (Å²) >= 11 is 2.78. The lowest BCUT2D eigenvalue weighted by Crippen LogP contribution is -2.30. The fourth-order valence-electron chi connectivity index (χ4n) is 5.87. The molecule has 2 heterocycles. The number of methoxy groups -OCH3 is 1. The number of fused-ring (bicyclic) bond motifs is 1. The van der Waals surface area contributed by atoms with Gasteiger partial charge in [0.2, 0.25) is 5.91 Å². The highest BCUT2D eigenvalue weighted by atomic mass is 32.2. The zero-order valence-corrected chi connectivity index (χ0v) is 30.7. The first kappa shape index (κ1) is 36.9. The number of thiophene rings is 1. The predicted octanol–water partition coefficient (Wildman–Crippen LogP) is 7.42. The SMILES string of the molecule is COc1cc(O)ccc1/C=C(/NC(=O)c1ccccc1)C(=O)Nc1cccc(SC(C)C(=O)Nc2sc3c(c2C#N)CCN(Cc2ccccc2)C3)c1. The standard InChI is InChI=1S/C41H37N5O5S2/c1-26(38(48)45-41-34(23-42)33-18-19-46(25-37(33)53-41)24-27-10-5-3-6-11-27)52-32-15-9-14-30(21-32)43-40(50)35(44-39(49)28-12-7-4-8-13-28)20-29-16-17-31(47)22-36(29)51-2/h3-17,20-22,26,47H,18-19,24-25H2,1-2H3,(H,43,50)(H,44,49)(H,45,48)/b35-20+. The van der Waals surface area contributed by atoms with Crippen molar-refractivity contribution in [2.45, 2.75) is 36.6 Å². The van der Waals surface area contributed by atoms with E-state index in [1.54, 1.807) is 61.5 Å². The highest BCUT2D eigenvalue weighted by molar-refractivity contribution is 8.00. The average molecular weight is 744 g/mol. The Morgan fingerprint density at radius 1 is 1.00 bits per heavy atom. The van der Waals surface area contributed by atoms with Gasteiger partial charge < -0.3 is 25.8 Å². The fraction of sp³-hybridized carbons (Fsp3) is 0.171. The third kappa shape index (κ3) is 9.33. The second-order valence-electron chi connectivity index (χ2n) is 12.3. The Kier molecular flexibility index (Phi) is 11.9. The predicted molar refractivity (Wildman–Crippen MR) is 209 cm³/mol. The summed E-state index contributed by atoms with van der Waals surface area (Å²) in [7, 11) is 1.44. The summed E-state index contributed by atoms with van der Waals surface area (Å²) in [4.78, 5) is 44.4. The minimum atomic E-state index is -0.592. The molecule has 1 aliphatic heterocycles. The number of aromatic hydroxyl groups is 1. The molecule has 0 saturated carbocycles. The number of phenols is 1.